The third-order valence-electron chi connectivity index (χ3n) is 3.27. The number of hydrogen-bond acceptors (Lipinski definition) is 6. The van der Waals surface area contributed by atoms with Gasteiger partial charge >= 0.3 is 0 Å². The van der Waals surface area contributed by atoms with Gasteiger partial charge in [-0.2, -0.15) is 0 Å². The first-order valence-electron chi connectivity index (χ1n) is 8.13. The highest BCUT2D eigenvalue weighted by molar-refractivity contribution is 7.13. The van der Waals surface area contributed by atoms with Crippen LogP contribution in [0.3, 0.4) is 0 Å². The van der Waals surface area contributed by atoms with Crippen molar-refractivity contribution in [3.8, 4) is 17.4 Å². The van der Waals surface area contributed by atoms with Crippen LogP contribution in [0, 0.1) is 6.92 Å². The van der Waals surface area contributed by atoms with Gasteiger partial charge in [-0.3, -0.25) is 10.1 Å². The van der Waals surface area contributed by atoms with E-state index in [1.807, 2.05) is 26.8 Å². The maximum Gasteiger partial charge on any atom is 0.257 e. The smallest absolute Gasteiger partial charge is 0.257 e. The van der Waals surface area contributed by atoms with E-state index in [4.69, 9.17) is 9.47 Å². The van der Waals surface area contributed by atoms with Crippen LogP contribution < -0.4 is 14.8 Å². The van der Waals surface area contributed by atoms with Gasteiger partial charge in [0.05, 0.1) is 6.10 Å². The molecule has 0 fully saturated rings. The fourth-order valence-electron chi connectivity index (χ4n) is 2.19. The Kier molecular flexibility index (Phi) is 5.48. The molecule has 0 atom stereocenters. The van der Waals surface area contributed by atoms with Gasteiger partial charge in [0.25, 0.3) is 5.91 Å². The maximum absolute atomic E-state index is 12.5. The summed E-state index contributed by atoms with van der Waals surface area (Å²) in [5.41, 5.74) is 1.46. The molecule has 1 aromatic carbocycles. The van der Waals surface area contributed by atoms with Gasteiger partial charge in [0.15, 0.2) is 5.13 Å². The predicted molar refractivity (Wildman–Crippen MR) is 101 cm³/mol. The molecule has 2 heterocycles. The molecule has 0 aliphatic heterocycles. The topological polar surface area (TPSA) is 73.3 Å². The Labute approximate surface area is 155 Å². The van der Waals surface area contributed by atoms with Crippen molar-refractivity contribution in [1.82, 2.24) is 9.97 Å². The number of hydrogen-bond donors (Lipinski definition) is 1. The normalized spacial score (nSPS) is 10.6. The van der Waals surface area contributed by atoms with Gasteiger partial charge in [0, 0.05) is 35.5 Å². The van der Waals surface area contributed by atoms with E-state index in [0.717, 1.165) is 5.56 Å². The van der Waals surface area contributed by atoms with Gasteiger partial charge in [0.2, 0.25) is 5.88 Å². The lowest BCUT2D eigenvalue weighted by molar-refractivity contribution is 0.102. The lowest BCUT2D eigenvalue weighted by Crippen LogP contribution is -2.13. The van der Waals surface area contributed by atoms with E-state index in [2.05, 4.69) is 15.3 Å². The number of benzene rings is 1. The summed E-state index contributed by atoms with van der Waals surface area (Å²) in [6, 6.07) is 8.76. The van der Waals surface area contributed by atoms with Crippen LogP contribution in [0.2, 0.25) is 0 Å². The fourth-order valence-corrected chi connectivity index (χ4v) is 2.72. The molecular weight excluding hydrogens is 350 g/mol. The number of thiazole rings is 1. The molecule has 0 saturated heterocycles. The number of aryl methyl sites for hydroxylation is 1. The summed E-state index contributed by atoms with van der Waals surface area (Å²) in [5.74, 6) is 1.19. The van der Waals surface area contributed by atoms with Crippen LogP contribution in [0.25, 0.3) is 0 Å². The van der Waals surface area contributed by atoms with E-state index >= 15 is 0 Å². The molecule has 7 heteroatoms. The van der Waals surface area contributed by atoms with Crippen molar-refractivity contribution in [2.24, 2.45) is 0 Å². The van der Waals surface area contributed by atoms with Crippen molar-refractivity contribution < 1.29 is 14.3 Å². The summed E-state index contributed by atoms with van der Waals surface area (Å²) in [6.07, 6.45) is 3.33. The number of amides is 1. The zero-order valence-electron chi connectivity index (χ0n) is 14.7. The van der Waals surface area contributed by atoms with Crippen LogP contribution in [0.4, 0.5) is 5.13 Å². The Balaban J connectivity index is 1.87. The highest BCUT2D eigenvalue weighted by Gasteiger charge is 2.13. The standard InChI is InChI=1S/C19H19N3O3S/c1-12(2)24-15-8-14(18(23)22-19-20-6-7-26-19)9-16(10-15)25-17-5-4-13(3)11-21-17/h4-12H,1-3H3,(H,20,22,23). The van der Waals surface area contributed by atoms with Gasteiger partial charge in [-0.25, -0.2) is 9.97 Å². The van der Waals surface area contributed by atoms with Crippen molar-refractivity contribution >= 4 is 22.4 Å². The molecule has 0 aliphatic carbocycles. The Morgan fingerprint density at radius 2 is 1.96 bits per heavy atom. The fraction of sp³-hybridized carbons (Fsp3) is 0.211. The second-order valence-corrected chi connectivity index (χ2v) is 6.82. The zero-order valence-corrected chi connectivity index (χ0v) is 15.5. The number of ether oxygens (including phenoxy) is 2. The molecule has 0 radical (unpaired) electrons. The van der Waals surface area contributed by atoms with Crippen molar-refractivity contribution in [3.05, 3.63) is 59.2 Å². The van der Waals surface area contributed by atoms with Crippen LogP contribution in [0.15, 0.2) is 48.1 Å². The first kappa shape index (κ1) is 17.9. The minimum absolute atomic E-state index is 0.0300. The molecule has 0 aliphatic rings. The van der Waals surface area contributed by atoms with Crippen LogP contribution in [0.5, 0.6) is 17.4 Å². The van der Waals surface area contributed by atoms with Gasteiger partial charge in [-0.1, -0.05) is 6.07 Å². The molecule has 0 bridgehead atoms. The van der Waals surface area contributed by atoms with Crippen molar-refractivity contribution in [2.45, 2.75) is 26.9 Å². The number of nitrogens with zero attached hydrogens (tertiary/aromatic N) is 2. The number of aromatic nitrogens is 2. The quantitative estimate of drug-likeness (QED) is 0.683. The predicted octanol–water partition coefficient (Wildman–Crippen LogP) is 4.68. The van der Waals surface area contributed by atoms with Crippen LogP contribution >= 0.6 is 11.3 Å². The van der Waals surface area contributed by atoms with Gasteiger partial charge in [0.1, 0.15) is 11.5 Å². The number of anilines is 1. The van der Waals surface area contributed by atoms with E-state index in [1.54, 1.807) is 42.0 Å². The number of nitrogens with one attached hydrogen (secondary N) is 1. The van der Waals surface area contributed by atoms with Gasteiger partial charge in [-0.05, 0) is 38.5 Å². The van der Waals surface area contributed by atoms with E-state index in [1.165, 1.54) is 11.3 Å². The van der Waals surface area contributed by atoms with E-state index < -0.39 is 0 Å². The molecule has 0 unspecified atom stereocenters. The minimum atomic E-state index is -0.282. The first-order valence-corrected chi connectivity index (χ1v) is 9.00. The molecule has 134 valence electrons. The summed E-state index contributed by atoms with van der Waals surface area (Å²) in [4.78, 5) is 20.8. The molecule has 2 aromatic heterocycles. The molecule has 0 saturated carbocycles. The van der Waals surface area contributed by atoms with Crippen LogP contribution in [-0.4, -0.2) is 22.0 Å². The Hall–Kier alpha value is -2.93. The molecule has 1 amide bonds. The van der Waals surface area contributed by atoms with Crippen molar-refractivity contribution in [2.75, 3.05) is 5.32 Å². The highest BCUT2D eigenvalue weighted by Crippen LogP contribution is 2.28. The summed E-state index contributed by atoms with van der Waals surface area (Å²) in [7, 11) is 0. The third kappa shape index (κ3) is 4.80. The largest absolute Gasteiger partial charge is 0.491 e. The summed E-state index contributed by atoms with van der Waals surface area (Å²) < 4.78 is 11.5. The molecule has 3 rings (SSSR count). The molecule has 1 N–H and O–H groups in total. The maximum atomic E-state index is 12.5. The second-order valence-electron chi connectivity index (χ2n) is 5.93. The van der Waals surface area contributed by atoms with E-state index in [9.17, 15) is 4.79 Å². The average Bonchev–Trinajstić information content (AvgIpc) is 3.09. The van der Waals surface area contributed by atoms with Gasteiger partial charge < -0.3 is 9.47 Å². The SMILES string of the molecule is Cc1ccc(Oc2cc(OC(C)C)cc(C(=O)Nc3nccs3)c2)nc1. The van der Waals surface area contributed by atoms with E-state index in [-0.39, 0.29) is 12.0 Å². The van der Waals surface area contributed by atoms with Crippen LogP contribution in [-0.2, 0) is 0 Å². The number of carbonyl (C=O) groups excluding carboxylic acids is 1. The summed E-state index contributed by atoms with van der Waals surface area (Å²) >= 11 is 1.35. The van der Waals surface area contributed by atoms with Crippen molar-refractivity contribution in [1.29, 1.82) is 0 Å². The van der Waals surface area contributed by atoms with Gasteiger partial charge in [-0.15, -0.1) is 11.3 Å². The number of rotatable bonds is 6. The molecule has 6 nitrogen and oxygen atoms in total. The summed E-state index contributed by atoms with van der Waals surface area (Å²) in [5, 5.41) is 5.09. The average molecular weight is 369 g/mol. The first-order chi connectivity index (χ1) is 12.5. The number of pyridine rings is 1. The Morgan fingerprint density at radius 3 is 2.62 bits per heavy atom. The Morgan fingerprint density at radius 1 is 1.15 bits per heavy atom. The molecule has 26 heavy (non-hydrogen) atoms. The number of carbonyl (C=O) groups is 1. The lowest BCUT2D eigenvalue weighted by Gasteiger charge is -2.13. The lowest BCUT2D eigenvalue weighted by atomic mass is 10.2. The monoisotopic (exact) mass is 369 g/mol. The minimum Gasteiger partial charge on any atom is -0.491 e. The molecular formula is C19H19N3O3S. The molecule has 0 spiro atoms. The molecule has 3 aromatic rings. The summed E-state index contributed by atoms with van der Waals surface area (Å²) in [6.45, 7) is 5.80. The zero-order chi connectivity index (χ0) is 18.5. The third-order valence-corrected chi connectivity index (χ3v) is 3.96. The van der Waals surface area contributed by atoms with Crippen LogP contribution in [0.1, 0.15) is 29.8 Å². The Bertz CT molecular complexity index is 878. The highest BCUT2D eigenvalue weighted by atomic mass is 32.1. The second kappa shape index (κ2) is 7.97. The van der Waals surface area contributed by atoms with Crippen molar-refractivity contribution in [3.63, 3.8) is 0 Å². The van der Waals surface area contributed by atoms with E-state index in [0.29, 0.717) is 28.1 Å².